The summed E-state index contributed by atoms with van der Waals surface area (Å²) in [6.45, 7) is 0.645. The van der Waals surface area contributed by atoms with Crippen molar-refractivity contribution >= 4 is 46.2 Å². The topological polar surface area (TPSA) is 24.1 Å². The van der Waals surface area contributed by atoms with Gasteiger partial charge in [0.1, 0.15) is 5.82 Å². The highest BCUT2D eigenvalue weighted by Gasteiger charge is 2.01. The molecular weight excluding hydrogens is 330 g/mol. The van der Waals surface area contributed by atoms with Gasteiger partial charge in [-0.3, -0.25) is 0 Å². The normalized spacial score (nSPS) is 10.2. The SMILES string of the molecule is Fc1ccc(CCNC(=S)Nc2cc(Cl)cc(Cl)c2)cc1. The Labute approximate surface area is 138 Å². The molecule has 2 nitrogen and oxygen atoms in total. The number of anilines is 1. The zero-order chi connectivity index (χ0) is 15.2. The maximum Gasteiger partial charge on any atom is 0.170 e. The average molecular weight is 343 g/mol. The van der Waals surface area contributed by atoms with Gasteiger partial charge in [0.25, 0.3) is 0 Å². The standard InChI is InChI=1S/C15H13Cl2FN2S/c16-11-7-12(17)9-14(8-11)20-15(21)19-6-5-10-1-3-13(18)4-2-10/h1-4,7-9H,5-6H2,(H2,19,20,21). The average Bonchev–Trinajstić information content (AvgIpc) is 2.39. The maximum atomic E-state index is 12.8. The molecule has 2 rings (SSSR count). The summed E-state index contributed by atoms with van der Waals surface area (Å²) in [4.78, 5) is 0. The van der Waals surface area contributed by atoms with Crippen molar-refractivity contribution in [1.29, 1.82) is 0 Å². The summed E-state index contributed by atoms with van der Waals surface area (Å²) in [5.74, 6) is -0.235. The molecule has 0 aliphatic carbocycles. The van der Waals surface area contributed by atoms with Crippen molar-refractivity contribution in [1.82, 2.24) is 5.32 Å². The summed E-state index contributed by atoms with van der Waals surface area (Å²) in [6.07, 6.45) is 0.748. The van der Waals surface area contributed by atoms with Crippen molar-refractivity contribution in [3.63, 3.8) is 0 Å². The molecule has 0 aliphatic rings. The molecule has 0 bridgehead atoms. The van der Waals surface area contributed by atoms with Crippen molar-refractivity contribution in [2.45, 2.75) is 6.42 Å². The lowest BCUT2D eigenvalue weighted by molar-refractivity contribution is 0.627. The van der Waals surface area contributed by atoms with Gasteiger partial charge < -0.3 is 10.6 Å². The zero-order valence-corrected chi connectivity index (χ0v) is 13.3. The van der Waals surface area contributed by atoms with Crippen LogP contribution in [0.3, 0.4) is 0 Å². The molecule has 0 spiro atoms. The molecule has 0 aromatic heterocycles. The van der Waals surface area contributed by atoms with E-state index in [2.05, 4.69) is 10.6 Å². The Balaban J connectivity index is 1.80. The lowest BCUT2D eigenvalue weighted by atomic mass is 10.1. The predicted molar refractivity (Wildman–Crippen MR) is 90.8 cm³/mol. The lowest BCUT2D eigenvalue weighted by Gasteiger charge is -2.11. The van der Waals surface area contributed by atoms with Crippen LogP contribution in [0.1, 0.15) is 5.56 Å². The van der Waals surface area contributed by atoms with Crippen LogP contribution in [-0.2, 0) is 6.42 Å². The summed E-state index contributed by atoms with van der Waals surface area (Å²) in [6, 6.07) is 11.5. The minimum Gasteiger partial charge on any atom is -0.362 e. The largest absolute Gasteiger partial charge is 0.362 e. The number of hydrogen-bond donors (Lipinski definition) is 2. The van der Waals surface area contributed by atoms with Crippen LogP contribution in [-0.4, -0.2) is 11.7 Å². The molecule has 0 aliphatic heterocycles. The first-order valence-electron chi connectivity index (χ1n) is 6.28. The Hall–Kier alpha value is -1.36. The molecule has 0 saturated heterocycles. The highest BCUT2D eigenvalue weighted by atomic mass is 35.5. The van der Waals surface area contributed by atoms with E-state index in [0.717, 1.165) is 17.7 Å². The molecule has 0 radical (unpaired) electrons. The van der Waals surface area contributed by atoms with Crippen molar-refractivity contribution in [2.75, 3.05) is 11.9 Å². The fraction of sp³-hybridized carbons (Fsp3) is 0.133. The molecule has 6 heteroatoms. The molecule has 0 unspecified atom stereocenters. The summed E-state index contributed by atoms with van der Waals surface area (Å²) >= 11 is 17.0. The van der Waals surface area contributed by atoms with E-state index in [1.54, 1.807) is 30.3 Å². The Bertz CT molecular complexity index is 612. The van der Waals surface area contributed by atoms with Gasteiger partial charge in [0.2, 0.25) is 0 Å². The Morgan fingerprint density at radius 3 is 2.29 bits per heavy atom. The van der Waals surface area contributed by atoms with Gasteiger partial charge in [-0.25, -0.2) is 4.39 Å². The van der Waals surface area contributed by atoms with Crippen molar-refractivity contribution in [2.24, 2.45) is 0 Å². The third-order valence-electron chi connectivity index (χ3n) is 2.73. The third kappa shape index (κ3) is 5.50. The Kier molecular flexibility index (Phi) is 5.79. The minimum absolute atomic E-state index is 0.235. The van der Waals surface area contributed by atoms with Crippen LogP contribution < -0.4 is 10.6 Å². The zero-order valence-electron chi connectivity index (χ0n) is 11.0. The molecule has 110 valence electrons. The summed E-state index contributed by atoms with van der Waals surface area (Å²) < 4.78 is 12.8. The van der Waals surface area contributed by atoms with Gasteiger partial charge >= 0.3 is 0 Å². The summed E-state index contributed by atoms with van der Waals surface area (Å²) in [5, 5.41) is 7.65. The first kappa shape index (κ1) is 16.0. The molecule has 2 aromatic rings. The van der Waals surface area contributed by atoms with E-state index in [0.29, 0.717) is 21.7 Å². The highest BCUT2D eigenvalue weighted by Crippen LogP contribution is 2.22. The number of nitrogens with one attached hydrogen (secondary N) is 2. The fourth-order valence-electron chi connectivity index (χ4n) is 1.77. The van der Waals surface area contributed by atoms with Crippen LogP contribution in [0.4, 0.5) is 10.1 Å². The number of thiocarbonyl (C=S) groups is 1. The molecule has 0 amide bonds. The van der Waals surface area contributed by atoms with E-state index in [1.807, 2.05) is 0 Å². The molecule has 0 heterocycles. The first-order valence-corrected chi connectivity index (χ1v) is 7.45. The lowest BCUT2D eigenvalue weighted by Crippen LogP contribution is -2.30. The number of halogens is 3. The number of benzene rings is 2. The monoisotopic (exact) mass is 342 g/mol. The second kappa shape index (κ2) is 7.59. The molecule has 0 fully saturated rings. The van der Waals surface area contributed by atoms with E-state index in [1.165, 1.54) is 12.1 Å². The second-order valence-corrected chi connectivity index (χ2v) is 5.70. The quantitative estimate of drug-likeness (QED) is 0.790. The van der Waals surface area contributed by atoms with Gasteiger partial charge in [0.15, 0.2) is 5.11 Å². The van der Waals surface area contributed by atoms with Crippen molar-refractivity contribution < 1.29 is 4.39 Å². The van der Waals surface area contributed by atoms with Crippen LogP contribution in [0.2, 0.25) is 10.0 Å². The van der Waals surface area contributed by atoms with Crippen molar-refractivity contribution in [3.8, 4) is 0 Å². The van der Waals surface area contributed by atoms with Gasteiger partial charge in [-0.2, -0.15) is 0 Å². The van der Waals surface area contributed by atoms with E-state index in [4.69, 9.17) is 35.4 Å². The minimum atomic E-state index is -0.235. The van der Waals surface area contributed by atoms with Crippen LogP contribution in [0.25, 0.3) is 0 Å². The van der Waals surface area contributed by atoms with Gasteiger partial charge in [-0.15, -0.1) is 0 Å². The van der Waals surface area contributed by atoms with Crippen LogP contribution in [0.15, 0.2) is 42.5 Å². The Morgan fingerprint density at radius 2 is 1.67 bits per heavy atom. The number of hydrogen-bond acceptors (Lipinski definition) is 1. The molecular formula is C15H13Cl2FN2S. The summed E-state index contributed by atoms with van der Waals surface area (Å²) in [7, 11) is 0. The number of rotatable bonds is 4. The first-order chi connectivity index (χ1) is 10.0. The molecule has 2 aromatic carbocycles. The van der Waals surface area contributed by atoms with E-state index in [9.17, 15) is 4.39 Å². The van der Waals surface area contributed by atoms with E-state index >= 15 is 0 Å². The summed E-state index contributed by atoms with van der Waals surface area (Å²) in [5.41, 5.74) is 1.77. The van der Waals surface area contributed by atoms with Crippen molar-refractivity contribution in [3.05, 3.63) is 63.9 Å². The second-order valence-electron chi connectivity index (χ2n) is 4.42. The van der Waals surface area contributed by atoms with Gasteiger partial charge in [-0.05, 0) is 54.5 Å². The van der Waals surface area contributed by atoms with E-state index in [-0.39, 0.29) is 5.82 Å². The molecule has 21 heavy (non-hydrogen) atoms. The molecule has 0 atom stereocenters. The maximum absolute atomic E-state index is 12.8. The van der Waals surface area contributed by atoms with Gasteiger partial charge in [-0.1, -0.05) is 35.3 Å². The van der Waals surface area contributed by atoms with Crippen LogP contribution in [0, 0.1) is 5.82 Å². The fourth-order valence-corrected chi connectivity index (χ4v) is 2.52. The van der Waals surface area contributed by atoms with Gasteiger partial charge in [0, 0.05) is 22.3 Å². The molecule has 2 N–H and O–H groups in total. The highest BCUT2D eigenvalue weighted by molar-refractivity contribution is 7.80. The Morgan fingerprint density at radius 1 is 1.05 bits per heavy atom. The smallest absolute Gasteiger partial charge is 0.170 e. The third-order valence-corrected chi connectivity index (χ3v) is 3.42. The van der Waals surface area contributed by atoms with Gasteiger partial charge in [0.05, 0.1) is 0 Å². The van der Waals surface area contributed by atoms with Crippen LogP contribution >= 0.6 is 35.4 Å². The van der Waals surface area contributed by atoms with Crippen LogP contribution in [0.5, 0.6) is 0 Å². The predicted octanol–water partition coefficient (Wildman–Crippen LogP) is 4.66. The van der Waals surface area contributed by atoms with E-state index < -0.39 is 0 Å². The molecule has 0 saturated carbocycles.